The Balaban J connectivity index is 3.40. The molecule has 14 heavy (non-hydrogen) atoms. The summed E-state index contributed by atoms with van der Waals surface area (Å²) >= 11 is 0. The first-order chi connectivity index (χ1) is 6.31. The molecule has 0 aromatic carbocycles. The molecule has 0 aliphatic rings. The van der Waals surface area contributed by atoms with Gasteiger partial charge in [0.05, 0.1) is 12.2 Å². The molecule has 2 atom stereocenters. The highest BCUT2D eigenvalue weighted by molar-refractivity contribution is 4.69. The fraction of sp³-hybridized carbons (Fsp3) is 1.00. The maximum atomic E-state index is 9.63. The lowest BCUT2D eigenvalue weighted by Crippen LogP contribution is -2.31. The van der Waals surface area contributed by atoms with Gasteiger partial charge >= 0.3 is 0 Å². The maximum Gasteiger partial charge on any atom is 0.0669 e. The molecule has 0 spiro atoms. The van der Waals surface area contributed by atoms with Crippen molar-refractivity contribution in [1.29, 1.82) is 0 Å². The summed E-state index contributed by atoms with van der Waals surface area (Å²) in [6.45, 7) is 9.50. The molecule has 0 saturated carbocycles. The predicted molar refractivity (Wildman–Crippen MR) is 59.2 cm³/mol. The van der Waals surface area contributed by atoms with Crippen molar-refractivity contribution in [2.45, 2.75) is 52.7 Å². The van der Waals surface area contributed by atoms with Crippen LogP contribution in [0.25, 0.3) is 0 Å². The van der Waals surface area contributed by atoms with Crippen LogP contribution in [-0.4, -0.2) is 35.5 Å². The maximum absolute atomic E-state index is 9.63. The van der Waals surface area contributed by atoms with Crippen LogP contribution in [0, 0.1) is 5.41 Å². The molecule has 0 aliphatic carbocycles. The molecule has 3 nitrogen and oxygen atoms in total. The van der Waals surface area contributed by atoms with Crippen LogP contribution >= 0.6 is 0 Å². The Morgan fingerprint density at radius 1 is 1.21 bits per heavy atom. The summed E-state index contributed by atoms with van der Waals surface area (Å²) in [7, 11) is 0. The lowest BCUT2D eigenvalue weighted by atomic mass is 9.89. The van der Waals surface area contributed by atoms with Crippen LogP contribution in [0.3, 0.4) is 0 Å². The summed E-state index contributed by atoms with van der Waals surface area (Å²) in [6, 6.07) is 0. The van der Waals surface area contributed by atoms with E-state index in [4.69, 9.17) is 5.11 Å². The number of rotatable bonds is 6. The molecule has 0 aliphatic heterocycles. The zero-order valence-corrected chi connectivity index (χ0v) is 9.88. The van der Waals surface area contributed by atoms with E-state index in [2.05, 4.69) is 26.1 Å². The van der Waals surface area contributed by atoms with Crippen molar-refractivity contribution in [2.75, 3.05) is 13.1 Å². The minimum absolute atomic E-state index is 0.172. The van der Waals surface area contributed by atoms with E-state index in [1.165, 1.54) is 0 Å². The van der Waals surface area contributed by atoms with E-state index in [-0.39, 0.29) is 17.6 Å². The van der Waals surface area contributed by atoms with Crippen LogP contribution < -0.4 is 5.32 Å². The SMILES string of the molecule is CC(O)CCNCC(O)CC(C)(C)C. The molecule has 0 rings (SSSR count). The lowest BCUT2D eigenvalue weighted by Gasteiger charge is -2.22. The highest BCUT2D eigenvalue weighted by Crippen LogP contribution is 2.20. The van der Waals surface area contributed by atoms with Crippen LogP contribution in [0.5, 0.6) is 0 Å². The van der Waals surface area contributed by atoms with Gasteiger partial charge < -0.3 is 15.5 Å². The number of aliphatic hydroxyl groups excluding tert-OH is 2. The van der Waals surface area contributed by atoms with E-state index >= 15 is 0 Å². The molecule has 0 bridgehead atoms. The molecular formula is C11H25NO2. The van der Waals surface area contributed by atoms with Crippen molar-refractivity contribution in [1.82, 2.24) is 5.32 Å². The fourth-order valence-electron chi connectivity index (χ4n) is 1.36. The Bertz CT molecular complexity index is 141. The quantitative estimate of drug-likeness (QED) is 0.568. The molecule has 86 valence electrons. The van der Waals surface area contributed by atoms with Gasteiger partial charge in [0.15, 0.2) is 0 Å². The van der Waals surface area contributed by atoms with Gasteiger partial charge in [-0.2, -0.15) is 0 Å². The third kappa shape index (κ3) is 9.96. The molecule has 0 saturated heterocycles. The zero-order chi connectivity index (χ0) is 11.2. The number of hydrogen-bond donors (Lipinski definition) is 3. The van der Waals surface area contributed by atoms with Crippen LogP contribution in [-0.2, 0) is 0 Å². The number of aliphatic hydroxyl groups is 2. The summed E-state index contributed by atoms with van der Waals surface area (Å²) < 4.78 is 0. The van der Waals surface area contributed by atoms with Crippen molar-refractivity contribution in [3.8, 4) is 0 Å². The van der Waals surface area contributed by atoms with E-state index in [0.29, 0.717) is 6.54 Å². The largest absolute Gasteiger partial charge is 0.393 e. The number of nitrogens with one attached hydrogen (secondary N) is 1. The normalized spacial score (nSPS) is 16.7. The molecule has 3 heteroatoms. The highest BCUT2D eigenvalue weighted by Gasteiger charge is 2.15. The van der Waals surface area contributed by atoms with Gasteiger partial charge in [0, 0.05) is 6.54 Å². The molecule has 0 fully saturated rings. The molecule has 0 aromatic heterocycles. The first-order valence-corrected chi connectivity index (χ1v) is 5.38. The Hall–Kier alpha value is -0.120. The second-order valence-corrected chi connectivity index (χ2v) is 5.26. The Morgan fingerprint density at radius 3 is 2.21 bits per heavy atom. The standard InChI is InChI=1S/C11H25NO2/c1-9(13)5-6-12-8-10(14)7-11(2,3)4/h9-10,12-14H,5-8H2,1-4H3. The zero-order valence-electron chi connectivity index (χ0n) is 9.88. The minimum Gasteiger partial charge on any atom is -0.393 e. The molecule has 0 amide bonds. The van der Waals surface area contributed by atoms with Gasteiger partial charge in [-0.1, -0.05) is 20.8 Å². The average Bonchev–Trinajstić information content (AvgIpc) is 1.94. The highest BCUT2D eigenvalue weighted by atomic mass is 16.3. The van der Waals surface area contributed by atoms with Gasteiger partial charge in [-0.25, -0.2) is 0 Å². The van der Waals surface area contributed by atoms with E-state index in [1.807, 2.05) is 0 Å². The smallest absolute Gasteiger partial charge is 0.0669 e. The summed E-state index contributed by atoms with van der Waals surface area (Å²) in [6.07, 6.45) is 0.989. The Kier molecular flexibility index (Phi) is 6.33. The van der Waals surface area contributed by atoms with Crippen molar-refractivity contribution < 1.29 is 10.2 Å². The van der Waals surface area contributed by atoms with Crippen LogP contribution in [0.1, 0.15) is 40.5 Å². The van der Waals surface area contributed by atoms with Crippen molar-refractivity contribution in [3.63, 3.8) is 0 Å². The van der Waals surface area contributed by atoms with Crippen LogP contribution in [0.15, 0.2) is 0 Å². The Labute approximate surface area is 87.5 Å². The Morgan fingerprint density at radius 2 is 1.79 bits per heavy atom. The van der Waals surface area contributed by atoms with E-state index in [9.17, 15) is 5.11 Å². The average molecular weight is 203 g/mol. The number of hydrogen-bond acceptors (Lipinski definition) is 3. The van der Waals surface area contributed by atoms with Gasteiger partial charge in [0.25, 0.3) is 0 Å². The van der Waals surface area contributed by atoms with Crippen molar-refractivity contribution in [3.05, 3.63) is 0 Å². The molecule has 0 radical (unpaired) electrons. The van der Waals surface area contributed by atoms with E-state index < -0.39 is 0 Å². The summed E-state index contributed by atoms with van der Waals surface area (Å²) in [5.41, 5.74) is 0.172. The lowest BCUT2D eigenvalue weighted by molar-refractivity contribution is 0.117. The third-order valence-electron chi connectivity index (χ3n) is 1.97. The van der Waals surface area contributed by atoms with E-state index in [1.54, 1.807) is 6.92 Å². The second kappa shape index (κ2) is 6.38. The first-order valence-electron chi connectivity index (χ1n) is 5.38. The first kappa shape index (κ1) is 13.9. The van der Waals surface area contributed by atoms with Crippen LogP contribution in [0.2, 0.25) is 0 Å². The van der Waals surface area contributed by atoms with Crippen molar-refractivity contribution >= 4 is 0 Å². The molecular weight excluding hydrogens is 178 g/mol. The molecule has 0 aromatic rings. The predicted octanol–water partition coefficient (Wildman–Crippen LogP) is 1.14. The molecule has 2 unspecified atom stereocenters. The summed E-state index contributed by atoms with van der Waals surface area (Å²) in [5, 5.41) is 21.8. The monoisotopic (exact) mass is 203 g/mol. The van der Waals surface area contributed by atoms with Gasteiger partial charge in [0.1, 0.15) is 0 Å². The van der Waals surface area contributed by atoms with Gasteiger partial charge in [-0.3, -0.25) is 0 Å². The minimum atomic E-state index is -0.288. The molecule has 0 heterocycles. The fourth-order valence-corrected chi connectivity index (χ4v) is 1.36. The summed E-state index contributed by atoms with van der Waals surface area (Å²) in [4.78, 5) is 0. The van der Waals surface area contributed by atoms with E-state index in [0.717, 1.165) is 19.4 Å². The van der Waals surface area contributed by atoms with Crippen LogP contribution in [0.4, 0.5) is 0 Å². The van der Waals surface area contributed by atoms with Gasteiger partial charge in [0.2, 0.25) is 0 Å². The van der Waals surface area contributed by atoms with Crippen molar-refractivity contribution in [2.24, 2.45) is 5.41 Å². The topological polar surface area (TPSA) is 52.5 Å². The summed E-state index contributed by atoms with van der Waals surface area (Å²) in [5.74, 6) is 0. The molecule has 3 N–H and O–H groups in total. The van der Waals surface area contributed by atoms with Gasteiger partial charge in [-0.15, -0.1) is 0 Å². The third-order valence-corrected chi connectivity index (χ3v) is 1.97. The van der Waals surface area contributed by atoms with Gasteiger partial charge in [-0.05, 0) is 31.7 Å². The second-order valence-electron chi connectivity index (χ2n) is 5.26.